The predicted molar refractivity (Wildman–Crippen MR) is 76.4 cm³/mol. The lowest BCUT2D eigenvalue weighted by molar-refractivity contribution is 0.0185. The molecule has 0 aliphatic carbocycles. The van der Waals surface area contributed by atoms with E-state index in [0.29, 0.717) is 0 Å². The van der Waals surface area contributed by atoms with Gasteiger partial charge in [0.25, 0.3) is 0 Å². The van der Waals surface area contributed by atoms with Crippen molar-refractivity contribution in [1.29, 1.82) is 0 Å². The van der Waals surface area contributed by atoms with E-state index in [4.69, 9.17) is 16.3 Å². The van der Waals surface area contributed by atoms with E-state index in [2.05, 4.69) is 9.80 Å². The standard InChI is InChI=1S/C14H27ClN2O/c15-6-3-1-2-4-7-16-8-5-14(13-16)17-9-11-18-12-10-17/h14H,1-13H2. The minimum Gasteiger partial charge on any atom is -0.379 e. The van der Waals surface area contributed by atoms with Gasteiger partial charge in [-0.1, -0.05) is 12.8 Å². The van der Waals surface area contributed by atoms with Crippen LogP contribution in [0.15, 0.2) is 0 Å². The van der Waals surface area contributed by atoms with Gasteiger partial charge in [0.05, 0.1) is 13.2 Å². The van der Waals surface area contributed by atoms with E-state index in [0.717, 1.165) is 38.2 Å². The average Bonchev–Trinajstić information content (AvgIpc) is 2.88. The molecular formula is C14H27ClN2O. The molecule has 2 rings (SSSR count). The highest BCUT2D eigenvalue weighted by Crippen LogP contribution is 2.17. The van der Waals surface area contributed by atoms with Crippen molar-refractivity contribution in [3.05, 3.63) is 0 Å². The smallest absolute Gasteiger partial charge is 0.0594 e. The molecule has 1 atom stereocenters. The summed E-state index contributed by atoms with van der Waals surface area (Å²) in [7, 11) is 0. The number of unbranched alkanes of at least 4 members (excludes halogenated alkanes) is 3. The van der Waals surface area contributed by atoms with E-state index >= 15 is 0 Å². The third-order valence-electron chi connectivity index (χ3n) is 4.17. The molecule has 0 aromatic carbocycles. The quantitative estimate of drug-likeness (QED) is 0.523. The first kappa shape index (κ1) is 14.6. The molecule has 2 aliphatic rings. The molecule has 0 aromatic rings. The predicted octanol–water partition coefficient (Wildman–Crippen LogP) is 2.19. The van der Waals surface area contributed by atoms with Gasteiger partial charge in [-0.05, 0) is 32.4 Å². The molecule has 0 saturated carbocycles. The van der Waals surface area contributed by atoms with Gasteiger partial charge in [0, 0.05) is 31.6 Å². The van der Waals surface area contributed by atoms with Crippen molar-refractivity contribution in [2.75, 3.05) is 51.8 Å². The molecule has 0 radical (unpaired) electrons. The van der Waals surface area contributed by atoms with Crippen molar-refractivity contribution >= 4 is 11.6 Å². The van der Waals surface area contributed by atoms with Gasteiger partial charge >= 0.3 is 0 Å². The van der Waals surface area contributed by atoms with Gasteiger partial charge in [-0.2, -0.15) is 0 Å². The molecule has 2 saturated heterocycles. The molecule has 0 spiro atoms. The van der Waals surface area contributed by atoms with Crippen LogP contribution in [0, 0.1) is 0 Å². The number of likely N-dealkylation sites (tertiary alicyclic amines) is 1. The molecule has 106 valence electrons. The number of ether oxygens (including phenoxy) is 1. The summed E-state index contributed by atoms with van der Waals surface area (Å²) >= 11 is 5.69. The Balaban J connectivity index is 1.56. The molecule has 18 heavy (non-hydrogen) atoms. The Kier molecular flexibility index (Phi) is 6.77. The molecule has 2 fully saturated rings. The average molecular weight is 275 g/mol. The fourth-order valence-corrected chi connectivity index (χ4v) is 3.23. The fraction of sp³-hybridized carbons (Fsp3) is 1.00. The molecule has 2 heterocycles. The SMILES string of the molecule is ClCCCCCCN1CCC(N2CCOCC2)C1. The van der Waals surface area contributed by atoms with Crippen molar-refractivity contribution < 1.29 is 4.74 Å². The Morgan fingerprint density at radius 2 is 1.78 bits per heavy atom. The number of morpholine rings is 1. The van der Waals surface area contributed by atoms with Crippen molar-refractivity contribution in [3.8, 4) is 0 Å². The molecule has 0 amide bonds. The minimum atomic E-state index is 0.789. The Morgan fingerprint density at radius 3 is 2.56 bits per heavy atom. The molecular weight excluding hydrogens is 248 g/mol. The van der Waals surface area contributed by atoms with Crippen LogP contribution in [-0.2, 0) is 4.74 Å². The maximum Gasteiger partial charge on any atom is 0.0594 e. The van der Waals surface area contributed by atoms with Gasteiger partial charge in [-0.15, -0.1) is 11.6 Å². The van der Waals surface area contributed by atoms with E-state index < -0.39 is 0 Å². The molecule has 0 aromatic heterocycles. The summed E-state index contributed by atoms with van der Waals surface area (Å²) in [6.07, 6.45) is 6.50. The zero-order valence-corrected chi connectivity index (χ0v) is 12.2. The van der Waals surface area contributed by atoms with Gasteiger partial charge in [0.2, 0.25) is 0 Å². The zero-order chi connectivity index (χ0) is 12.6. The van der Waals surface area contributed by atoms with E-state index in [-0.39, 0.29) is 0 Å². The largest absolute Gasteiger partial charge is 0.379 e. The lowest BCUT2D eigenvalue weighted by Gasteiger charge is -2.32. The summed E-state index contributed by atoms with van der Waals surface area (Å²) in [4.78, 5) is 5.26. The minimum absolute atomic E-state index is 0.789. The van der Waals surface area contributed by atoms with Crippen LogP contribution in [-0.4, -0.2) is 67.7 Å². The van der Waals surface area contributed by atoms with Gasteiger partial charge in [0.1, 0.15) is 0 Å². The Bertz CT molecular complexity index is 222. The highest BCUT2D eigenvalue weighted by Gasteiger charge is 2.28. The van der Waals surface area contributed by atoms with Crippen molar-refractivity contribution in [3.63, 3.8) is 0 Å². The van der Waals surface area contributed by atoms with Crippen molar-refractivity contribution in [1.82, 2.24) is 9.80 Å². The first-order valence-corrected chi connectivity index (χ1v) is 8.03. The number of hydrogen-bond donors (Lipinski definition) is 0. The van der Waals surface area contributed by atoms with Crippen LogP contribution in [0.2, 0.25) is 0 Å². The van der Waals surface area contributed by atoms with Gasteiger partial charge < -0.3 is 9.64 Å². The number of alkyl halides is 1. The number of halogens is 1. The first-order chi connectivity index (χ1) is 8.90. The maximum absolute atomic E-state index is 5.69. The maximum atomic E-state index is 5.69. The highest BCUT2D eigenvalue weighted by molar-refractivity contribution is 6.17. The molecule has 2 aliphatic heterocycles. The topological polar surface area (TPSA) is 15.7 Å². The first-order valence-electron chi connectivity index (χ1n) is 7.50. The third-order valence-corrected chi connectivity index (χ3v) is 4.43. The van der Waals surface area contributed by atoms with Crippen LogP contribution in [0.3, 0.4) is 0 Å². The summed E-state index contributed by atoms with van der Waals surface area (Å²) in [6.45, 7) is 7.96. The normalized spacial score (nSPS) is 26.8. The van der Waals surface area contributed by atoms with E-state index in [9.17, 15) is 0 Å². The molecule has 3 nitrogen and oxygen atoms in total. The van der Waals surface area contributed by atoms with Crippen LogP contribution in [0.1, 0.15) is 32.1 Å². The second-order valence-electron chi connectivity index (χ2n) is 5.49. The van der Waals surface area contributed by atoms with Gasteiger partial charge in [-0.3, -0.25) is 4.90 Å². The van der Waals surface area contributed by atoms with Crippen molar-refractivity contribution in [2.24, 2.45) is 0 Å². The molecule has 0 bridgehead atoms. The lowest BCUT2D eigenvalue weighted by Crippen LogP contribution is -2.44. The Morgan fingerprint density at radius 1 is 1.00 bits per heavy atom. The van der Waals surface area contributed by atoms with E-state index in [1.165, 1.54) is 51.7 Å². The van der Waals surface area contributed by atoms with Crippen LogP contribution >= 0.6 is 11.6 Å². The highest BCUT2D eigenvalue weighted by atomic mass is 35.5. The van der Waals surface area contributed by atoms with Crippen molar-refractivity contribution in [2.45, 2.75) is 38.1 Å². The summed E-state index contributed by atoms with van der Waals surface area (Å²) in [5, 5.41) is 0. The van der Waals surface area contributed by atoms with E-state index in [1.54, 1.807) is 0 Å². The van der Waals surface area contributed by atoms with Gasteiger partial charge in [0.15, 0.2) is 0 Å². The molecule has 1 unspecified atom stereocenters. The number of nitrogens with zero attached hydrogens (tertiary/aromatic N) is 2. The number of hydrogen-bond acceptors (Lipinski definition) is 3. The Hall–Kier alpha value is 0.170. The van der Waals surface area contributed by atoms with Gasteiger partial charge in [-0.25, -0.2) is 0 Å². The fourth-order valence-electron chi connectivity index (χ4n) is 3.04. The molecule has 4 heteroatoms. The van der Waals surface area contributed by atoms with Crippen LogP contribution in [0.4, 0.5) is 0 Å². The second-order valence-corrected chi connectivity index (χ2v) is 5.87. The lowest BCUT2D eigenvalue weighted by atomic mass is 10.2. The molecule has 0 N–H and O–H groups in total. The van der Waals surface area contributed by atoms with Crippen LogP contribution in [0.5, 0.6) is 0 Å². The second kappa shape index (κ2) is 8.36. The van der Waals surface area contributed by atoms with E-state index in [1.807, 2.05) is 0 Å². The Labute approximate surface area is 116 Å². The van der Waals surface area contributed by atoms with Crippen LogP contribution in [0.25, 0.3) is 0 Å². The third kappa shape index (κ3) is 4.69. The summed E-state index contributed by atoms with van der Waals surface area (Å²) in [5.74, 6) is 0.822. The van der Waals surface area contributed by atoms with Crippen LogP contribution < -0.4 is 0 Å². The summed E-state index contributed by atoms with van der Waals surface area (Å²) in [5.41, 5.74) is 0. The summed E-state index contributed by atoms with van der Waals surface area (Å²) in [6, 6.07) is 0.789. The zero-order valence-electron chi connectivity index (χ0n) is 11.5. The number of rotatable bonds is 7. The summed E-state index contributed by atoms with van der Waals surface area (Å²) < 4.78 is 5.42. The monoisotopic (exact) mass is 274 g/mol.